The van der Waals surface area contributed by atoms with E-state index in [1.54, 1.807) is 30.2 Å². The molecule has 0 unspecified atom stereocenters. The molecule has 1 aliphatic heterocycles. The maximum atomic E-state index is 12.6. The van der Waals surface area contributed by atoms with Gasteiger partial charge >= 0.3 is 12.1 Å². The number of urea groups is 2. The standard InChI is InChI=1S/C20H29ClN4O3/c1-28-18-8-7-14(21)13-17(18)24-20(27)25-11-9-16(10-12-25)23-19(26)22-15-5-3-2-4-6-15/h7-8,13,15-16H,2-6,9-12H2,1H3,(H,24,27)(H2,22,23,26). The topological polar surface area (TPSA) is 82.7 Å². The second-order valence-electron chi connectivity index (χ2n) is 7.49. The average molecular weight is 409 g/mol. The van der Waals surface area contributed by atoms with Crippen molar-refractivity contribution in [3.05, 3.63) is 23.2 Å². The number of carbonyl (C=O) groups is 2. The Morgan fingerprint density at radius 1 is 1.04 bits per heavy atom. The predicted molar refractivity (Wildman–Crippen MR) is 110 cm³/mol. The summed E-state index contributed by atoms with van der Waals surface area (Å²) < 4.78 is 5.27. The van der Waals surface area contributed by atoms with E-state index in [-0.39, 0.29) is 18.1 Å². The fourth-order valence-electron chi connectivity index (χ4n) is 3.86. The number of piperidine rings is 1. The van der Waals surface area contributed by atoms with E-state index < -0.39 is 0 Å². The Bertz CT molecular complexity index is 686. The van der Waals surface area contributed by atoms with Crippen LogP contribution in [0.25, 0.3) is 0 Å². The minimum absolute atomic E-state index is 0.0848. The molecule has 0 spiro atoms. The summed E-state index contributed by atoms with van der Waals surface area (Å²) in [7, 11) is 1.55. The first kappa shape index (κ1) is 20.6. The fourth-order valence-corrected chi connectivity index (χ4v) is 4.03. The molecule has 0 radical (unpaired) electrons. The van der Waals surface area contributed by atoms with E-state index >= 15 is 0 Å². The van der Waals surface area contributed by atoms with Gasteiger partial charge in [0.05, 0.1) is 12.8 Å². The Balaban J connectivity index is 1.44. The molecule has 28 heavy (non-hydrogen) atoms. The van der Waals surface area contributed by atoms with Gasteiger partial charge in [0.25, 0.3) is 0 Å². The molecule has 0 aromatic heterocycles. The molecule has 7 nitrogen and oxygen atoms in total. The van der Waals surface area contributed by atoms with Crippen LogP contribution in [0.4, 0.5) is 15.3 Å². The van der Waals surface area contributed by atoms with Crippen LogP contribution >= 0.6 is 11.6 Å². The molecule has 1 saturated heterocycles. The first-order valence-corrected chi connectivity index (χ1v) is 10.4. The molecule has 8 heteroatoms. The molecule has 1 aromatic rings. The third-order valence-electron chi connectivity index (χ3n) is 5.46. The van der Waals surface area contributed by atoms with Gasteiger partial charge in [-0.25, -0.2) is 9.59 Å². The molecule has 3 rings (SSSR count). The molecule has 1 saturated carbocycles. The SMILES string of the molecule is COc1ccc(Cl)cc1NC(=O)N1CCC(NC(=O)NC2CCCCC2)CC1. The van der Waals surface area contributed by atoms with Gasteiger partial charge in [-0.1, -0.05) is 30.9 Å². The quantitative estimate of drug-likeness (QED) is 0.704. The van der Waals surface area contributed by atoms with Crippen molar-refractivity contribution in [3.63, 3.8) is 0 Å². The van der Waals surface area contributed by atoms with Crippen LogP contribution < -0.4 is 20.7 Å². The number of halogens is 1. The second-order valence-corrected chi connectivity index (χ2v) is 7.93. The highest BCUT2D eigenvalue weighted by Crippen LogP contribution is 2.28. The molecule has 1 heterocycles. The normalized spacial score (nSPS) is 18.4. The molecular weight excluding hydrogens is 380 g/mol. The minimum atomic E-state index is -0.189. The predicted octanol–water partition coefficient (Wildman–Crippen LogP) is 3.98. The first-order valence-electron chi connectivity index (χ1n) is 10.0. The number of nitrogens with zero attached hydrogens (tertiary/aromatic N) is 1. The summed E-state index contributed by atoms with van der Waals surface area (Å²) in [6, 6.07) is 5.22. The molecule has 3 N–H and O–H groups in total. The van der Waals surface area contributed by atoms with Crippen LogP contribution in [0.5, 0.6) is 5.75 Å². The highest BCUT2D eigenvalue weighted by molar-refractivity contribution is 6.31. The molecule has 1 aromatic carbocycles. The zero-order valence-corrected chi connectivity index (χ0v) is 17.1. The lowest BCUT2D eigenvalue weighted by molar-refractivity contribution is 0.186. The van der Waals surface area contributed by atoms with Crippen molar-refractivity contribution in [3.8, 4) is 5.75 Å². The number of carbonyl (C=O) groups excluding carboxylic acids is 2. The van der Waals surface area contributed by atoms with Crippen molar-refractivity contribution in [2.24, 2.45) is 0 Å². The summed E-state index contributed by atoms with van der Waals surface area (Å²) in [6.45, 7) is 1.17. The summed E-state index contributed by atoms with van der Waals surface area (Å²) in [5.41, 5.74) is 0.548. The fraction of sp³-hybridized carbons (Fsp3) is 0.600. The Labute approximate surface area is 171 Å². The molecule has 0 atom stereocenters. The molecule has 2 aliphatic rings. The van der Waals surface area contributed by atoms with Crippen LogP contribution in [0.1, 0.15) is 44.9 Å². The van der Waals surface area contributed by atoms with Crippen LogP contribution in [-0.2, 0) is 0 Å². The van der Waals surface area contributed by atoms with E-state index in [0.29, 0.717) is 35.6 Å². The van der Waals surface area contributed by atoms with Crippen molar-refractivity contribution in [1.29, 1.82) is 0 Å². The van der Waals surface area contributed by atoms with Gasteiger partial charge in [0.1, 0.15) is 5.75 Å². The third kappa shape index (κ3) is 5.67. The van der Waals surface area contributed by atoms with Gasteiger partial charge in [0.15, 0.2) is 0 Å². The number of hydrogen-bond acceptors (Lipinski definition) is 3. The lowest BCUT2D eigenvalue weighted by Gasteiger charge is -2.33. The smallest absolute Gasteiger partial charge is 0.321 e. The van der Waals surface area contributed by atoms with Gasteiger partial charge in [-0.15, -0.1) is 0 Å². The van der Waals surface area contributed by atoms with Crippen molar-refractivity contribution in [2.45, 2.75) is 57.0 Å². The second kappa shape index (κ2) is 9.87. The molecular formula is C20H29ClN4O3. The number of hydrogen-bond donors (Lipinski definition) is 3. The zero-order valence-electron chi connectivity index (χ0n) is 16.3. The van der Waals surface area contributed by atoms with Crippen LogP contribution in [0.15, 0.2) is 18.2 Å². The van der Waals surface area contributed by atoms with Crippen molar-refractivity contribution in [1.82, 2.24) is 15.5 Å². The van der Waals surface area contributed by atoms with E-state index in [9.17, 15) is 9.59 Å². The number of rotatable bonds is 4. The number of methoxy groups -OCH3 is 1. The van der Waals surface area contributed by atoms with Crippen molar-refractivity contribution < 1.29 is 14.3 Å². The molecule has 1 aliphatic carbocycles. The van der Waals surface area contributed by atoms with Gasteiger partial charge < -0.3 is 25.6 Å². The number of amides is 4. The summed E-state index contributed by atoms with van der Waals surface area (Å²) in [6.07, 6.45) is 7.25. The monoisotopic (exact) mass is 408 g/mol. The number of benzene rings is 1. The van der Waals surface area contributed by atoms with E-state index in [1.807, 2.05) is 0 Å². The lowest BCUT2D eigenvalue weighted by atomic mass is 9.96. The molecule has 2 fully saturated rings. The van der Waals surface area contributed by atoms with E-state index in [2.05, 4.69) is 16.0 Å². The minimum Gasteiger partial charge on any atom is -0.495 e. The van der Waals surface area contributed by atoms with Gasteiger partial charge in [-0.2, -0.15) is 0 Å². The maximum Gasteiger partial charge on any atom is 0.321 e. The largest absolute Gasteiger partial charge is 0.495 e. The Hall–Kier alpha value is -2.15. The summed E-state index contributed by atoms with van der Waals surface area (Å²) in [5.74, 6) is 0.564. The van der Waals surface area contributed by atoms with Crippen molar-refractivity contribution >= 4 is 29.4 Å². The average Bonchev–Trinajstić information content (AvgIpc) is 2.69. The first-order chi connectivity index (χ1) is 13.5. The summed E-state index contributed by atoms with van der Waals surface area (Å²) in [4.78, 5) is 26.5. The summed E-state index contributed by atoms with van der Waals surface area (Å²) >= 11 is 6.01. The number of likely N-dealkylation sites (tertiary alicyclic amines) is 1. The summed E-state index contributed by atoms with van der Waals surface area (Å²) in [5, 5.41) is 9.53. The third-order valence-corrected chi connectivity index (χ3v) is 5.70. The van der Waals surface area contributed by atoms with Crippen LogP contribution in [0, 0.1) is 0 Å². The molecule has 154 valence electrons. The Morgan fingerprint density at radius 2 is 1.68 bits per heavy atom. The Morgan fingerprint density at radius 3 is 2.32 bits per heavy atom. The van der Waals surface area contributed by atoms with Crippen molar-refractivity contribution in [2.75, 3.05) is 25.5 Å². The van der Waals surface area contributed by atoms with Gasteiger partial charge in [-0.05, 0) is 43.9 Å². The zero-order chi connectivity index (χ0) is 19.9. The molecule has 4 amide bonds. The van der Waals surface area contributed by atoms with Crippen LogP contribution in [0.2, 0.25) is 5.02 Å². The number of ether oxygens (including phenoxy) is 1. The highest BCUT2D eigenvalue weighted by Gasteiger charge is 2.25. The maximum absolute atomic E-state index is 12.6. The highest BCUT2D eigenvalue weighted by atomic mass is 35.5. The number of nitrogens with one attached hydrogen (secondary N) is 3. The van der Waals surface area contributed by atoms with Gasteiger partial charge in [-0.3, -0.25) is 0 Å². The van der Waals surface area contributed by atoms with Gasteiger partial charge in [0.2, 0.25) is 0 Å². The van der Waals surface area contributed by atoms with Crippen LogP contribution in [-0.4, -0.2) is 49.2 Å². The Kier molecular flexibility index (Phi) is 7.25. The molecule has 0 bridgehead atoms. The van der Waals surface area contributed by atoms with E-state index in [4.69, 9.17) is 16.3 Å². The lowest BCUT2D eigenvalue weighted by Crippen LogP contribution is -2.51. The van der Waals surface area contributed by atoms with Crippen LogP contribution in [0.3, 0.4) is 0 Å². The number of anilines is 1. The van der Waals surface area contributed by atoms with E-state index in [0.717, 1.165) is 25.7 Å². The van der Waals surface area contributed by atoms with Gasteiger partial charge in [0, 0.05) is 30.2 Å². The van der Waals surface area contributed by atoms with E-state index in [1.165, 1.54) is 19.3 Å².